The van der Waals surface area contributed by atoms with Crippen LogP contribution in [0.3, 0.4) is 0 Å². The largest absolute Gasteiger partial charge is 0.493 e. The lowest BCUT2D eigenvalue weighted by Crippen LogP contribution is -2.30. The average molecular weight is 457 g/mol. The van der Waals surface area contributed by atoms with Crippen LogP contribution in [0.2, 0.25) is 0 Å². The van der Waals surface area contributed by atoms with E-state index in [1.807, 2.05) is 30.3 Å². The molecule has 0 fully saturated rings. The molecule has 1 atom stereocenters. The average Bonchev–Trinajstić information content (AvgIpc) is 3.25. The molecule has 0 saturated heterocycles. The Labute approximate surface area is 201 Å². The third-order valence-corrected chi connectivity index (χ3v) is 6.26. The van der Waals surface area contributed by atoms with E-state index in [1.165, 1.54) is 16.6 Å². The number of H-pyrrole nitrogens is 1. The minimum atomic E-state index is 0.0675. The lowest BCUT2D eigenvalue weighted by molar-refractivity contribution is 0.256. The van der Waals surface area contributed by atoms with Crippen molar-refractivity contribution in [1.29, 1.82) is 0 Å². The van der Waals surface area contributed by atoms with Gasteiger partial charge in [0.1, 0.15) is 12.4 Å². The van der Waals surface area contributed by atoms with E-state index >= 15 is 0 Å². The van der Waals surface area contributed by atoms with Gasteiger partial charge in [0, 0.05) is 23.1 Å². The van der Waals surface area contributed by atoms with E-state index in [0.717, 1.165) is 46.9 Å². The fourth-order valence-electron chi connectivity index (χ4n) is 4.56. The molecule has 5 nitrogen and oxygen atoms in total. The first-order valence-corrected chi connectivity index (χ1v) is 12.0. The quantitative estimate of drug-likeness (QED) is 0.340. The van der Waals surface area contributed by atoms with Gasteiger partial charge in [0.15, 0.2) is 11.5 Å². The SMILES string of the molecule is COc1cc(C2NCCc3c2[nH]c2ccc(OCc4ccccc4)cc32)ccc1OCC(C)C. The molecule has 4 aromatic rings. The van der Waals surface area contributed by atoms with Crippen LogP contribution in [0, 0.1) is 5.92 Å². The number of fused-ring (bicyclic) bond motifs is 3. The van der Waals surface area contributed by atoms with E-state index in [1.54, 1.807) is 7.11 Å². The molecule has 176 valence electrons. The number of aromatic amines is 1. The Hall–Kier alpha value is -3.44. The molecule has 2 N–H and O–H groups in total. The maximum absolute atomic E-state index is 6.10. The van der Waals surface area contributed by atoms with Gasteiger partial charge < -0.3 is 24.5 Å². The number of rotatable bonds is 8. The first-order chi connectivity index (χ1) is 16.6. The number of benzene rings is 3. The molecule has 0 saturated carbocycles. The van der Waals surface area contributed by atoms with Gasteiger partial charge in [0.25, 0.3) is 0 Å². The fraction of sp³-hybridized carbons (Fsp3) is 0.310. The first kappa shape index (κ1) is 22.4. The summed E-state index contributed by atoms with van der Waals surface area (Å²) in [5.41, 5.74) is 6.01. The molecular weight excluding hydrogens is 424 g/mol. The molecular formula is C29H32N2O3. The molecule has 34 heavy (non-hydrogen) atoms. The molecule has 1 aliphatic heterocycles. The number of aromatic nitrogens is 1. The monoisotopic (exact) mass is 456 g/mol. The number of nitrogens with one attached hydrogen (secondary N) is 2. The summed E-state index contributed by atoms with van der Waals surface area (Å²) >= 11 is 0. The van der Waals surface area contributed by atoms with Gasteiger partial charge in [0.2, 0.25) is 0 Å². The van der Waals surface area contributed by atoms with Gasteiger partial charge in [-0.2, -0.15) is 0 Å². The summed E-state index contributed by atoms with van der Waals surface area (Å²) in [7, 11) is 1.70. The van der Waals surface area contributed by atoms with Gasteiger partial charge in [0.05, 0.1) is 19.8 Å². The molecule has 1 aromatic heterocycles. The zero-order chi connectivity index (χ0) is 23.5. The smallest absolute Gasteiger partial charge is 0.161 e. The highest BCUT2D eigenvalue weighted by molar-refractivity contribution is 5.86. The van der Waals surface area contributed by atoms with Crippen molar-refractivity contribution >= 4 is 10.9 Å². The third kappa shape index (κ3) is 4.62. The van der Waals surface area contributed by atoms with Crippen molar-refractivity contribution in [1.82, 2.24) is 10.3 Å². The Bertz CT molecular complexity index is 1260. The highest BCUT2D eigenvalue weighted by atomic mass is 16.5. The Morgan fingerprint density at radius 2 is 1.79 bits per heavy atom. The molecule has 1 unspecified atom stereocenters. The van der Waals surface area contributed by atoms with Crippen LogP contribution in [0.15, 0.2) is 66.7 Å². The van der Waals surface area contributed by atoms with Gasteiger partial charge in [-0.05, 0) is 59.4 Å². The highest BCUT2D eigenvalue weighted by Gasteiger charge is 2.26. The Morgan fingerprint density at radius 3 is 2.59 bits per heavy atom. The predicted octanol–water partition coefficient (Wildman–Crippen LogP) is 6.03. The van der Waals surface area contributed by atoms with Crippen LogP contribution >= 0.6 is 0 Å². The minimum Gasteiger partial charge on any atom is -0.493 e. The van der Waals surface area contributed by atoms with Gasteiger partial charge in [-0.25, -0.2) is 0 Å². The molecule has 0 amide bonds. The summed E-state index contributed by atoms with van der Waals surface area (Å²) in [4.78, 5) is 3.67. The van der Waals surface area contributed by atoms with Crippen LogP contribution in [0.5, 0.6) is 17.2 Å². The molecule has 1 aliphatic rings. The summed E-state index contributed by atoms with van der Waals surface area (Å²) in [6, 6.07) is 22.9. The van der Waals surface area contributed by atoms with Crippen molar-refractivity contribution in [3.8, 4) is 17.2 Å². The predicted molar refractivity (Wildman–Crippen MR) is 136 cm³/mol. The van der Waals surface area contributed by atoms with E-state index in [-0.39, 0.29) is 6.04 Å². The number of ether oxygens (including phenoxy) is 3. The van der Waals surface area contributed by atoms with Gasteiger partial charge in [-0.1, -0.05) is 50.2 Å². The molecule has 5 rings (SSSR count). The zero-order valence-electron chi connectivity index (χ0n) is 20.1. The first-order valence-electron chi connectivity index (χ1n) is 12.0. The minimum absolute atomic E-state index is 0.0675. The Morgan fingerprint density at radius 1 is 0.941 bits per heavy atom. The molecule has 3 aromatic carbocycles. The van der Waals surface area contributed by atoms with Crippen molar-refractivity contribution in [3.05, 3.63) is 89.1 Å². The van der Waals surface area contributed by atoms with Crippen molar-refractivity contribution in [2.24, 2.45) is 5.92 Å². The summed E-state index contributed by atoms with van der Waals surface area (Å²) in [6.45, 7) is 6.42. The molecule has 0 radical (unpaired) electrons. The Kier molecular flexibility index (Phi) is 6.45. The van der Waals surface area contributed by atoms with Crippen LogP contribution in [0.25, 0.3) is 10.9 Å². The molecule has 2 heterocycles. The zero-order valence-corrected chi connectivity index (χ0v) is 20.1. The van der Waals surface area contributed by atoms with E-state index in [9.17, 15) is 0 Å². The summed E-state index contributed by atoms with van der Waals surface area (Å²) < 4.78 is 17.7. The van der Waals surface area contributed by atoms with Crippen LogP contribution in [0.4, 0.5) is 0 Å². The van der Waals surface area contributed by atoms with Crippen LogP contribution in [0.1, 0.15) is 42.3 Å². The second kappa shape index (κ2) is 9.82. The lowest BCUT2D eigenvalue weighted by atomic mass is 9.94. The highest BCUT2D eigenvalue weighted by Crippen LogP contribution is 2.38. The van der Waals surface area contributed by atoms with Crippen molar-refractivity contribution in [2.45, 2.75) is 32.9 Å². The normalized spacial score (nSPS) is 15.4. The number of hydrogen-bond acceptors (Lipinski definition) is 4. The second-order valence-electron chi connectivity index (χ2n) is 9.25. The maximum Gasteiger partial charge on any atom is 0.161 e. The number of hydrogen-bond donors (Lipinski definition) is 2. The van der Waals surface area contributed by atoms with Gasteiger partial charge in [-0.15, -0.1) is 0 Å². The van der Waals surface area contributed by atoms with E-state index in [4.69, 9.17) is 14.2 Å². The topological polar surface area (TPSA) is 55.5 Å². The molecule has 0 bridgehead atoms. The van der Waals surface area contributed by atoms with Crippen LogP contribution in [-0.4, -0.2) is 25.2 Å². The molecule has 0 aliphatic carbocycles. The van der Waals surface area contributed by atoms with E-state index in [2.05, 4.69) is 60.5 Å². The standard InChI is InChI=1S/C29H32N2O3/c1-19(2)17-34-26-12-9-21(15-27(26)32-3)28-29-23(13-14-30-28)24-16-22(10-11-25(24)31-29)33-18-20-7-5-4-6-8-20/h4-12,15-16,19,28,30-31H,13-14,17-18H2,1-3H3. The molecule has 5 heteroatoms. The van der Waals surface area contributed by atoms with E-state index < -0.39 is 0 Å². The van der Waals surface area contributed by atoms with Crippen molar-refractivity contribution in [2.75, 3.05) is 20.3 Å². The summed E-state index contributed by atoms with van der Waals surface area (Å²) in [5.74, 6) is 2.90. The summed E-state index contributed by atoms with van der Waals surface area (Å²) in [6.07, 6.45) is 0.973. The van der Waals surface area contributed by atoms with Gasteiger partial charge >= 0.3 is 0 Å². The van der Waals surface area contributed by atoms with Crippen molar-refractivity contribution < 1.29 is 14.2 Å². The fourth-order valence-corrected chi connectivity index (χ4v) is 4.56. The van der Waals surface area contributed by atoms with Crippen LogP contribution < -0.4 is 19.5 Å². The van der Waals surface area contributed by atoms with Crippen LogP contribution in [-0.2, 0) is 13.0 Å². The lowest BCUT2D eigenvalue weighted by Gasteiger charge is -2.25. The second-order valence-corrected chi connectivity index (χ2v) is 9.25. The van der Waals surface area contributed by atoms with Gasteiger partial charge in [-0.3, -0.25) is 0 Å². The van der Waals surface area contributed by atoms with E-state index in [0.29, 0.717) is 19.1 Å². The Balaban J connectivity index is 1.42. The third-order valence-electron chi connectivity index (χ3n) is 6.26. The summed E-state index contributed by atoms with van der Waals surface area (Å²) in [5, 5.41) is 4.91. The van der Waals surface area contributed by atoms with Crippen molar-refractivity contribution in [3.63, 3.8) is 0 Å². The molecule has 0 spiro atoms. The maximum atomic E-state index is 6.10. The number of methoxy groups -OCH3 is 1.